The van der Waals surface area contributed by atoms with Crippen molar-refractivity contribution in [2.45, 2.75) is 24.5 Å². The Balaban J connectivity index is 2.16. The highest BCUT2D eigenvalue weighted by Gasteiger charge is 2.44. The molecule has 1 aliphatic rings. The number of nitrogen functional groups attached to an aromatic ring is 1. The number of rotatable bonds is 4. The van der Waals surface area contributed by atoms with Gasteiger partial charge in [0.05, 0.1) is 14.4 Å². The zero-order valence-corrected chi connectivity index (χ0v) is 11.3. The summed E-state index contributed by atoms with van der Waals surface area (Å²) in [6.45, 7) is -0.782. The second-order valence-electron chi connectivity index (χ2n) is 4.33. The van der Waals surface area contributed by atoms with E-state index >= 15 is 0 Å². The van der Waals surface area contributed by atoms with Gasteiger partial charge in [0.25, 0.3) is 0 Å². The average Bonchev–Trinajstić information content (AvgIpc) is 2.64. The van der Waals surface area contributed by atoms with E-state index < -0.39 is 44.7 Å². The molecule has 1 aliphatic heterocycles. The van der Waals surface area contributed by atoms with Gasteiger partial charge in [-0.1, -0.05) is 0 Å². The fraction of sp³-hybridized carbons (Fsp3) is 0.556. The summed E-state index contributed by atoms with van der Waals surface area (Å²) >= 11 is 0. The van der Waals surface area contributed by atoms with Gasteiger partial charge in [-0.3, -0.25) is 4.57 Å². The predicted molar refractivity (Wildman–Crippen MR) is 62.4 cm³/mol. The summed E-state index contributed by atoms with van der Waals surface area (Å²) in [5.74, 6) is -0.0391. The minimum absolute atomic E-state index is 0.0391. The van der Waals surface area contributed by atoms with Crippen LogP contribution in [0.25, 0.3) is 0 Å². The van der Waals surface area contributed by atoms with Crippen molar-refractivity contribution in [2.75, 3.05) is 12.3 Å². The number of anilines is 1. The van der Waals surface area contributed by atoms with Gasteiger partial charge in [-0.2, -0.15) is 4.98 Å². The summed E-state index contributed by atoms with van der Waals surface area (Å²) < 4.78 is 20.4. The molecule has 1 saturated heterocycles. The summed E-state index contributed by atoms with van der Waals surface area (Å²) in [7, 11) is -5.24. The SMILES string of the molecule is Nc1ccn([C@H]2O[C@@H](COP(=O)([O-])[O-])[C@@H](O)[C@@H]2O)c(=O)n1. The molecule has 0 saturated carbocycles. The highest BCUT2D eigenvalue weighted by atomic mass is 31.2. The van der Waals surface area contributed by atoms with Crippen LogP contribution in [0.1, 0.15) is 6.23 Å². The van der Waals surface area contributed by atoms with Crippen molar-refractivity contribution >= 4 is 13.6 Å². The van der Waals surface area contributed by atoms with Gasteiger partial charge in [0.2, 0.25) is 0 Å². The van der Waals surface area contributed by atoms with E-state index in [0.717, 1.165) is 4.57 Å². The number of aliphatic hydroxyl groups is 2. The summed E-state index contributed by atoms with van der Waals surface area (Å²) in [4.78, 5) is 35.8. The second kappa shape index (κ2) is 5.81. The Hall–Kier alpha value is -1.33. The Morgan fingerprint density at radius 2 is 2.14 bits per heavy atom. The zero-order chi connectivity index (χ0) is 15.8. The minimum Gasteiger partial charge on any atom is -0.790 e. The van der Waals surface area contributed by atoms with E-state index in [1.54, 1.807) is 0 Å². The Bertz CT molecular complexity index is 615. The lowest BCUT2D eigenvalue weighted by atomic mass is 10.1. The first-order valence-electron chi connectivity index (χ1n) is 5.72. The van der Waals surface area contributed by atoms with E-state index in [1.165, 1.54) is 12.3 Å². The molecule has 1 aromatic heterocycles. The topological polar surface area (TPSA) is 183 Å². The van der Waals surface area contributed by atoms with Crippen molar-refractivity contribution < 1.29 is 33.8 Å². The molecular weight excluding hydrogens is 309 g/mol. The number of nitrogens with zero attached hydrogens (tertiary/aromatic N) is 2. The molecule has 0 aliphatic carbocycles. The van der Waals surface area contributed by atoms with Crippen molar-refractivity contribution in [1.29, 1.82) is 0 Å². The van der Waals surface area contributed by atoms with Crippen LogP contribution in [0.3, 0.4) is 0 Å². The first-order valence-corrected chi connectivity index (χ1v) is 7.18. The van der Waals surface area contributed by atoms with Crippen LogP contribution in [0.2, 0.25) is 0 Å². The first-order chi connectivity index (χ1) is 9.69. The molecule has 0 bridgehead atoms. The molecule has 0 amide bonds. The van der Waals surface area contributed by atoms with Crippen LogP contribution < -0.4 is 21.2 Å². The van der Waals surface area contributed by atoms with Crippen LogP contribution in [-0.4, -0.2) is 44.7 Å². The molecular formula is C9H12N3O8P-2. The van der Waals surface area contributed by atoms with E-state index in [9.17, 15) is 29.4 Å². The fourth-order valence-corrected chi connectivity index (χ4v) is 2.21. The maximum atomic E-state index is 11.6. The second-order valence-corrected chi connectivity index (χ2v) is 5.48. The van der Waals surface area contributed by atoms with Crippen LogP contribution in [0.4, 0.5) is 5.82 Å². The Morgan fingerprint density at radius 1 is 1.48 bits per heavy atom. The number of phosphoric ester groups is 1. The highest BCUT2D eigenvalue weighted by molar-refractivity contribution is 7.43. The third-order valence-corrected chi connectivity index (χ3v) is 3.33. The number of hydrogen-bond acceptors (Lipinski definition) is 10. The monoisotopic (exact) mass is 321 g/mol. The third-order valence-electron chi connectivity index (χ3n) is 2.86. The van der Waals surface area contributed by atoms with Gasteiger partial charge in [-0.25, -0.2) is 4.79 Å². The lowest BCUT2D eigenvalue weighted by Crippen LogP contribution is -2.36. The van der Waals surface area contributed by atoms with Gasteiger partial charge in [-0.15, -0.1) is 0 Å². The predicted octanol–water partition coefficient (Wildman–Crippen LogP) is -3.71. The standard InChI is InChI=1S/C9H14N3O8P/c10-5-1-2-12(9(15)11-5)8-7(14)6(13)4(20-8)3-19-21(16,17)18/h1-2,4,6-8,13-14H,3H2,(H2,10,11,15)(H2,16,17,18)/p-2/t4-,6+,7-,8-/m0/s1. The Labute approximate surface area is 117 Å². The smallest absolute Gasteiger partial charge is 0.351 e. The van der Waals surface area contributed by atoms with Crippen LogP contribution >= 0.6 is 7.82 Å². The minimum atomic E-state index is -5.24. The number of aromatic nitrogens is 2. The number of phosphoric acid groups is 1. The normalized spacial score (nSPS) is 29.7. The van der Waals surface area contributed by atoms with E-state index in [0.29, 0.717) is 0 Å². The zero-order valence-electron chi connectivity index (χ0n) is 10.4. The summed E-state index contributed by atoms with van der Waals surface area (Å²) in [6, 6.07) is 1.27. The highest BCUT2D eigenvalue weighted by Crippen LogP contribution is 2.32. The summed E-state index contributed by atoms with van der Waals surface area (Å²) in [6.07, 6.45) is -4.51. The van der Waals surface area contributed by atoms with Gasteiger partial charge < -0.3 is 39.6 Å². The van der Waals surface area contributed by atoms with Crippen molar-refractivity contribution in [2.24, 2.45) is 0 Å². The Morgan fingerprint density at radius 3 is 2.71 bits per heavy atom. The molecule has 12 heteroatoms. The largest absolute Gasteiger partial charge is 0.790 e. The quantitative estimate of drug-likeness (QED) is 0.466. The van der Waals surface area contributed by atoms with Crippen LogP contribution in [0.5, 0.6) is 0 Å². The van der Waals surface area contributed by atoms with E-state index in [4.69, 9.17) is 10.5 Å². The number of ether oxygens (including phenoxy) is 1. The van der Waals surface area contributed by atoms with Gasteiger partial charge in [0.15, 0.2) is 6.23 Å². The molecule has 4 atom stereocenters. The van der Waals surface area contributed by atoms with Gasteiger partial charge in [0, 0.05) is 6.20 Å². The molecule has 0 spiro atoms. The van der Waals surface area contributed by atoms with Crippen LogP contribution in [0.15, 0.2) is 17.1 Å². The molecule has 0 unspecified atom stereocenters. The van der Waals surface area contributed by atoms with Gasteiger partial charge >= 0.3 is 5.69 Å². The van der Waals surface area contributed by atoms with Gasteiger partial charge in [-0.05, 0) is 6.07 Å². The maximum absolute atomic E-state index is 11.6. The molecule has 2 rings (SSSR count). The first kappa shape index (κ1) is 16.0. The molecule has 2 heterocycles. The maximum Gasteiger partial charge on any atom is 0.351 e. The van der Waals surface area contributed by atoms with Crippen molar-refractivity contribution in [1.82, 2.24) is 9.55 Å². The Kier molecular flexibility index (Phi) is 4.44. The number of nitrogens with two attached hydrogens (primary N) is 1. The molecule has 0 radical (unpaired) electrons. The molecule has 11 nitrogen and oxygen atoms in total. The molecule has 118 valence electrons. The van der Waals surface area contributed by atoms with E-state index in [1.807, 2.05) is 0 Å². The van der Waals surface area contributed by atoms with Crippen LogP contribution in [-0.2, 0) is 13.8 Å². The average molecular weight is 321 g/mol. The lowest BCUT2D eigenvalue weighted by Gasteiger charge is -2.30. The molecule has 1 fully saturated rings. The molecule has 4 N–H and O–H groups in total. The molecule has 0 aromatic carbocycles. The lowest BCUT2D eigenvalue weighted by molar-refractivity contribution is -0.343. The van der Waals surface area contributed by atoms with Gasteiger partial charge in [0.1, 0.15) is 24.1 Å². The number of hydrogen-bond donors (Lipinski definition) is 3. The van der Waals surface area contributed by atoms with Crippen molar-refractivity contribution in [3.8, 4) is 0 Å². The summed E-state index contributed by atoms with van der Waals surface area (Å²) in [5.41, 5.74) is 4.49. The third kappa shape index (κ3) is 3.66. The fourth-order valence-electron chi connectivity index (χ4n) is 1.88. The van der Waals surface area contributed by atoms with Crippen molar-refractivity contribution in [3.63, 3.8) is 0 Å². The summed E-state index contributed by atoms with van der Waals surface area (Å²) in [5, 5.41) is 19.6. The van der Waals surface area contributed by atoms with Crippen LogP contribution in [0, 0.1) is 0 Å². The number of aliphatic hydroxyl groups excluding tert-OH is 2. The van der Waals surface area contributed by atoms with Crippen molar-refractivity contribution in [3.05, 3.63) is 22.7 Å². The molecule has 1 aromatic rings. The van der Waals surface area contributed by atoms with E-state index in [2.05, 4.69) is 9.51 Å². The van der Waals surface area contributed by atoms with E-state index in [-0.39, 0.29) is 5.82 Å². The molecule has 21 heavy (non-hydrogen) atoms.